The summed E-state index contributed by atoms with van der Waals surface area (Å²) in [5.74, 6) is 0.936. The van der Waals surface area contributed by atoms with Crippen molar-refractivity contribution in [1.82, 2.24) is 15.1 Å². The predicted molar refractivity (Wildman–Crippen MR) is 92.8 cm³/mol. The zero-order valence-electron chi connectivity index (χ0n) is 15.0. The average Bonchev–Trinajstić information content (AvgIpc) is 2.58. The second kappa shape index (κ2) is 7.55. The van der Waals surface area contributed by atoms with Gasteiger partial charge in [-0.2, -0.15) is 0 Å². The van der Waals surface area contributed by atoms with Crippen molar-refractivity contribution in [3.63, 3.8) is 0 Å². The molecule has 2 rings (SSSR count). The lowest BCUT2D eigenvalue weighted by molar-refractivity contribution is -0.140. The number of benzene rings is 1. The van der Waals surface area contributed by atoms with E-state index in [-0.39, 0.29) is 17.4 Å². The van der Waals surface area contributed by atoms with Gasteiger partial charge < -0.3 is 19.9 Å². The lowest BCUT2D eigenvalue weighted by atomic mass is 9.94. The molecule has 1 fully saturated rings. The van der Waals surface area contributed by atoms with Crippen molar-refractivity contribution in [3.8, 4) is 5.75 Å². The average molecular weight is 333 g/mol. The van der Waals surface area contributed by atoms with Crippen LogP contribution in [-0.2, 0) is 11.3 Å². The summed E-state index contributed by atoms with van der Waals surface area (Å²) in [5.41, 5.74) is 0.643. The van der Waals surface area contributed by atoms with Gasteiger partial charge in [-0.15, -0.1) is 0 Å². The predicted octanol–water partition coefficient (Wildman–Crippen LogP) is 2.10. The molecule has 1 N–H and O–H groups in total. The van der Waals surface area contributed by atoms with Crippen LogP contribution in [0.4, 0.5) is 4.79 Å². The van der Waals surface area contributed by atoms with E-state index >= 15 is 0 Å². The van der Waals surface area contributed by atoms with Crippen molar-refractivity contribution in [2.24, 2.45) is 5.41 Å². The molecule has 0 saturated carbocycles. The Bertz CT molecular complexity index is 570. The minimum Gasteiger partial charge on any atom is -0.497 e. The number of amides is 3. The molecular formula is C18H27N3O3. The maximum atomic E-state index is 12.3. The standard InChI is InChI=1S/C18H27N3O3/c1-18(2,3)16(22)20-9-11-21(12-10-20)17(23)19-13-14-5-7-15(24-4)8-6-14/h5-8H,9-13H2,1-4H3,(H,19,23). The highest BCUT2D eigenvalue weighted by atomic mass is 16.5. The summed E-state index contributed by atoms with van der Waals surface area (Å²) in [6.45, 7) is 8.55. The van der Waals surface area contributed by atoms with E-state index in [0.29, 0.717) is 32.7 Å². The van der Waals surface area contributed by atoms with Crippen LogP contribution in [0.3, 0.4) is 0 Å². The number of hydrogen-bond donors (Lipinski definition) is 1. The first kappa shape index (κ1) is 18.1. The maximum Gasteiger partial charge on any atom is 0.317 e. The molecule has 6 nitrogen and oxygen atoms in total. The molecule has 0 atom stereocenters. The smallest absolute Gasteiger partial charge is 0.317 e. The summed E-state index contributed by atoms with van der Waals surface area (Å²) in [7, 11) is 1.63. The molecule has 0 aromatic heterocycles. The highest BCUT2D eigenvalue weighted by Gasteiger charge is 2.30. The van der Waals surface area contributed by atoms with Crippen molar-refractivity contribution in [1.29, 1.82) is 0 Å². The second-order valence-corrected chi connectivity index (χ2v) is 7.04. The number of carbonyl (C=O) groups is 2. The quantitative estimate of drug-likeness (QED) is 0.921. The number of nitrogens with one attached hydrogen (secondary N) is 1. The zero-order chi connectivity index (χ0) is 17.7. The Morgan fingerprint density at radius 2 is 1.58 bits per heavy atom. The van der Waals surface area contributed by atoms with E-state index < -0.39 is 0 Å². The Kier molecular flexibility index (Phi) is 5.70. The van der Waals surface area contributed by atoms with Gasteiger partial charge in [0.15, 0.2) is 0 Å². The van der Waals surface area contributed by atoms with Gasteiger partial charge in [0.1, 0.15) is 5.75 Å². The van der Waals surface area contributed by atoms with E-state index in [2.05, 4.69) is 5.32 Å². The largest absolute Gasteiger partial charge is 0.497 e. The molecule has 0 spiro atoms. The molecule has 6 heteroatoms. The number of methoxy groups -OCH3 is 1. The first-order valence-corrected chi connectivity index (χ1v) is 8.26. The Hall–Kier alpha value is -2.24. The number of rotatable bonds is 3. The number of carbonyl (C=O) groups excluding carboxylic acids is 2. The van der Waals surface area contributed by atoms with Gasteiger partial charge in [0, 0.05) is 38.1 Å². The normalized spacial score (nSPS) is 15.2. The third kappa shape index (κ3) is 4.63. The van der Waals surface area contributed by atoms with Crippen LogP contribution in [-0.4, -0.2) is 55.0 Å². The molecule has 1 aliphatic heterocycles. The zero-order valence-corrected chi connectivity index (χ0v) is 15.0. The number of hydrogen-bond acceptors (Lipinski definition) is 3. The van der Waals surface area contributed by atoms with Gasteiger partial charge in [-0.1, -0.05) is 32.9 Å². The van der Waals surface area contributed by atoms with Crippen LogP contribution in [0.5, 0.6) is 5.75 Å². The molecule has 0 aliphatic carbocycles. The van der Waals surface area contributed by atoms with Gasteiger partial charge in [-0.25, -0.2) is 4.79 Å². The van der Waals surface area contributed by atoms with Gasteiger partial charge in [0.05, 0.1) is 7.11 Å². The fraction of sp³-hybridized carbons (Fsp3) is 0.556. The van der Waals surface area contributed by atoms with E-state index in [1.165, 1.54) is 0 Å². The van der Waals surface area contributed by atoms with Crippen molar-refractivity contribution in [2.45, 2.75) is 27.3 Å². The number of urea groups is 1. The molecule has 132 valence electrons. The van der Waals surface area contributed by atoms with Crippen LogP contribution in [0.2, 0.25) is 0 Å². The Labute approximate surface area is 143 Å². The lowest BCUT2D eigenvalue weighted by Crippen LogP contribution is -2.54. The highest BCUT2D eigenvalue weighted by molar-refractivity contribution is 5.82. The third-order valence-electron chi connectivity index (χ3n) is 4.10. The summed E-state index contributed by atoms with van der Waals surface area (Å²) in [4.78, 5) is 28.1. The van der Waals surface area contributed by atoms with Crippen LogP contribution in [0.15, 0.2) is 24.3 Å². The van der Waals surface area contributed by atoms with Crippen LogP contribution < -0.4 is 10.1 Å². The van der Waals surface area contributed by atoms with Gasteiger partial charge >= 0.3 is 6.03 Å². The number of ether oxygens (including phenoxy) is 1. The highest BCUT2D eigenvalue weighted by Crippen LogP contribution is 2.18. The fourth-order valence-corrected chi connectivity index (χ4v) is 2.62. The molecule has 1 heterocycles. The fourth-order valence-electron chi connectivity index (χ4n) is 2.62. The minimum absolute atomic E-state index is 0.0892. The molecular weight excluding hydrogens is 306 g/mol. The van der Waals surface area contributed by atoms with E-state index in [4.69, 9.17) is 4.74 Å². The molecule has 1 aromatic carbocycles. The first-order valence-electron chi connectivity index (χ1n) is 8.26. The Morgan fingerprint density at radius 1 is 1.04 bits per heavy atom. The van der Waals surface area contributed by atoms with Gasteiger partial charge in [-0.05, 0) is 17.7 Å². The van der Waals surface area contributed by atoms with Crippen molar-refractivity contribution < 1.29 is 14.3 Å². The number of nitrogens with zero attached hydrogens (tertiary/aromatic N) is 2. The summed E-state index contributed by atoms with van der Waals surface area (Å²) in [6, 6.07) is 7.52. The third-order valence-corrected chi connectivity index (χ3v) is 4.10. The second-order valence-electron chi connectivity index (χ2n) is 7.04. The summed E-state index contributed by atoms with van der Waals surface area (Å²) in [5, 5.41) is 2.92. The monoisotopic (exact) mass is 333 g/mol. The van der Waals surface area contributed by atoms with E-state index in [1.807, 2.05) is 49.9 Å². The number of piperazine rings is 1. The molecule has 1 aromatic rings. The van der Waals surface area contributed by atoms with Crippen LogP contribution in [0.25, 0.3) is 0 Å². The van der Waals surface area contributed by atoms with Gasteiger partial charge in [0.2, 0.25) is 5.91 Å². The molecule has 24 heavy (non-hydrogen) atoms. The Balaban J connectivity index is 1.79. The Morgan fingerprint density at radius 3 is 2.08 bits per heavy atom. The van der Waals surface area contributed by atoms with E-state index in [1.54, 1.807) is 12.0 Å². The van der Waals surface area contributed by atoms with Gasteiger partial charge in [0.25, 0.3) is 0 Å². The summed E-state index contributed by atoms with van der Waals surface area (Å²) in [6.07, 6.45) is 0. The van der Waals surface area contributed by atoms with E-state index in [0.717, 1.165) is 11.3 Å². The first-order chi connectivity index (χ1) is 11.3. The van der Waals surface area contributed by atoms with Crippen LogP contribution in [0.1, 0.15) is 26.3 Å². The molecule has 0 radical (unpaired) electrons. The maximum absolute atomic E-state index is 12.3. The van der Waals surface area contributed by atoms with Crippen molar-refractivity contribution >= 4 is 11.9 Å². The topological polar surface area (TPSA) is 61.9 Å². The molecule has 0 bridgehead atoms. The molecule has 3 amide bonds. The summed E-state index contributed by atoms with van der Waals surface area (Å²) < 4.78 is 5.12. The molecule has 1 saturated heterocycles. The van der Waals surface area contributed by atoms with Crippen molar-refractivity contribution in [2.75, 3.05) is 33.3 Å². The van der Waals surface area contributed by atoms with E-state index in [9.17, 15) is 9.59 Å². The molecule has 1 aliphatic rings. The van der Waals surface area contributed by atoms with Gasteiger partial charge in [-0.3, -0.25) is 4.79 Å². The summed E-state index contributed by atoms with van der Waals surface area (Å²) >= 11 is 0. The minimum atomic E-state index is -0.376. The van der Waals surface area contributed by atoms with Crippen molar-refractivity contribution in [3.05, 3.63) is 29.8 Å². The lowest BCUT2D eigenvalue weighted by Gasteiger charge is -2.37. The van der Waals surface area contributed by atoms with Crippen LogP contribution >= 0.6 is 0 Å². The SMILES string of the molecule is COc1ccc(CNC(=O)N2CCN(C(=O)C(C)(C)C)CC2)cc1. The molecule has 0 unspecified atom stereocenters. The van der Waals surface area contributed by atoms with Crippen LogP contribution in [0, 0.1) is 5.41 Å².